The number of aliphatic hydroxyl groups is 3. The van der Waals surface area contributed by atoms with Crippen molar-refractivity contribution in [2.75, 3.05) is 26.9 Å². The van der Waals surface area contributed by atoms with Crippen LogP contribution >= 0.6 is 0 Å². The van der Waals surface area contributed by atoms with E-state index in [0.29, 0.717) is 22.6 Å². The minimum absolute atomic E-state index is 0.220. The number of hydrogen-bond acceptors (Lipinski definition) is 7. The molecule has 0 saturated heterocycles. The maximum atomic E-state index is 12.9. The van der Waals surface area contributed by atoms with Gasteiger partial charge in [-0.05, 0) is 35.7 Å². The molecule has 0 aliphatic carbocycles. The van der Waals surface area contributed by atoms with Gasteiger partial charge in [-0.15, -0.1) is 0 Å². The van der Waals surface area contributed by atoms with Crippen LogP contribution in [0.1, 0.15) is 21.5 Å². The summed E-state index contributed by atoms with van der Waals surface area (Å²) in [6, 6.07) is 20.3. The summed E-state index contributed by atoms with van der Waals surface area (Å²) in [5, 5.41) is 31.4. The van der Waals surface area contributed by atoms with Crippen molar-refractivity contribution in [1.82, 2.24) is 5.32 Å². The molecule has 174 valence electrons. The molecule has 0 fully saturated rings. The van der Waals surface area contributed by atoms with E-state index in [1.807, 2.05) is 49.4 Å². The lowest BCUT2D eigenvalue weighted by molar-refractivity contribution is 0.0412. The fourth-order valence-corrected chi connectivity index (χ4v) is 3.48. The first-order valence-corrected chi connectivity index (χ1v) is 10.6. The van der Waals surface area contributed by atoms with E-state index in [0.717, 1.165) is 16.7 Å². The largest absolute Gasteiger partial charge is 0.496 e. The van der Waals surface area contributed by atoms with E-state index in [1.54, 1.807) is 24.3 Å². The van der Waals surface area contributed by atoms with E-state index in [2.05, 4.69) is 5.32 Å². The number of carbonyl (C=O) groups excluding carboxylic acids is 1. The quantitative estimate of drug-likeness (QED) is 0.277. The second-order valence-electron chi connectivity index (χ2n) is 7.82. The first-order chi connectivity index (χ1) is 16.0. The van der Waals surface area contributed by atoms with Crippen molar-refractivity contribution in [2.45, 2.75) is 19.0 Å². The molecule has 7 nitrogen and oxygen atoms in total. The van der Waals surface area contributed by atoms with Crippen LogP contribution in [0.3, 0.4) is 0 Å². The zero-order valence-corrected chi connectivity index (χ0v) is 18.7. The highest BCUT2D eigenvalue weighted by Gasteiger charge is 2.27. The number of ether oxygens (including phenoxy) is 2. The molecule has 3 rings (SSSR count). The predicted octanol–water partition coefficient (Wildman–Crippen LogP) is 2.70. The van der Waals surface area contributed by atoms with Crippen molar-refractivity contribution in [3.8, 4) is 22.6 Å². The van der Waals surface area contributed by atoms with Crippen LogP contribution in [0.4, 0.5) is 0 Å². The van der Waals surface area contributed by atoms with Crippen molar-refractivity contribution in [1.29, 1.82) is 0 Å². The van der Waals surface area contributed by atoms with E-state index in [1.165, 1.54) is 7.11 Å². The summed E-state index contributed by atoms with van der Waals surface area (Å²) in [4.78, 5) is 12.9. The van der Waals surface area contributed by atoms with Crippen LogP contribution in [0.5, 0.6) is 11.5 Å². The Morgan fingerprint density at radius 3 is 2.27 bits per heavy atom. The summed E-state index contributed by atoms with van der Waals surface area (Å²) in [6.07, 6.45) is 0. The lowest BCUT2D eigenvalue weighted by atomic mass is 9.96. The lowest BCUT2D eigenvalue weighted by Crippen LogP contribution is -2.54. The van der Waals surface area contributed by atoms with E-state index in [-0.39, 0.29) is 6.54 Å². The highest BCUT2D eigenvalue weighted by Crippen LogP contribution is 2.28. The molecule has 0 unspecified atom stereocenters. The van der Waals surface area contributed by atoms with E-state index in [4.69, 9.17) is 9.47 Å². The van der Waals surface area contributed by atoms with Crippen molar-refractivity contribution in [3.63, 3.8) is 0 Å². The van der Waals surface area contributed by atoms with Crippen LogP contribution in [0.15, 0.2) is 66.7 Å². The minimum Gasteiger partial charge on any atom is -0.496 e. The fourth-order valence-electron chi connectivity index (χ4n) is 3.48. The Kier molecular flexibility index (Phi) is 8.19. The van der Waals surface area contributed by atoms with Crippen LogP contribution in [0.25, 0.3) is 11.1 Å². The Labute approximate surface area is 193 Å². The molecule has 0 radical (unpaired) electrons. The highest BCUT2D eigenvalue weighted by molar-refractivity contribution is 5.94. The molecule has 0 saturated carbocycles. The Balaban J connectivity index is 1.78. The topological polar surface area (TPSA) is 108 Å². The zero-order valence-electron chi connectivity index (χ0n) is 18.7. The van der Waals surface area contributed by atoms with E-state index < -0.39 is 31.3 Å². The number of methoxy groups -OCH3 is 1. The highest BCUT2D eigenvalue weighted by atomic mass is 16.5. The first-order valence-electron chi connectivity index (χ1n) is 10.6. The van der Waals surface area contributed by atoms with Gasteiger partial charge in [0.1, 0.15) is 11.5 Å². The number of benzene rings is 3. The third-order valence-corrected chi connectivity index (χ3v) is 5.67. The predicted molar refractivity (Wildman–Crippen MR) is 125 cm³/mol. The Bertz CT molecular complexity index is 1070. The van der Waals surface area contributed by atoms with Crippen molar-refractivity contribution in [3.05, 3.63) is 83.4 Å². The zero-order chi connectivity index (χ0) is 23.8. The summed E-state index contributed by atoms with van der Waals surface area (Å²) in [5.41, 5.74) is 2.78. The van der Waals surface area contributed by atoms with Crippen LogP contribution < -0.4 is 14.8 Å². The monoisotopic (exact) mass is 451 g/mol. The fraction of sp³-hybridized carbons (Fsp3) is 0.269. The normalized spacial score (nSPS) is 11.3. The summed E-state index contributed by atoms with van der Waals surface area (Å²) in [5.74, 6) is 0.311. The molecule has 0 spiro atoms. The van der Waals surface area contributed by atoms with Crippen molar-refractivity contribution >= 4 is 5.97 Å². The van der Waals surface area contributed by atoms with Crippen molar-refractivity contribution in [2.24, 2.45) is 0 Å². The van der Waals surface area contributed by atoms with Gasteiger partial charge in [0.15, 0.2) is 0 Å². The molecule has 0 aromatic heterocycles. The Morgan fingerprint density at radius 2 is 1.64 bits per heavy atom. The number of aliphatic hydroxyl groups excluding tert-OH is 3. The summed E-state index contributed by atoms with van der Waals surface area (Å²) >= 11 is 0. The van der Waals surface area contributed by atoms with Gasteiger partial charge in [0, 0.05) is 18.2 Å². The smallest absolute Gasteiger partial charge is 0.343 e. The molecule has 0 atom stereocenters. The number of esters is 1. The average Bonchev–Trinajstić information content (AvgIpc) is 2.86. The Hall–Kier alpha value is -3.23. The third kappa shape index (κ3) is 5.58. The lowest BCUT2D eigenvalue weighted by Gasteiger charge is -2.29. The van der Waals surface area contributed by atoms with Gasteiger partial charge in [-0.1, -0.05) is 48.5 Å². The molecule has 3 aromatic rings. The molecular formula is C26H29NO6. The van der Waals surface area contributed by atoms with Crippen LogP contribution in [-0.4, -0.2) is 53.8 Å². The van der Waals surface area contributed by atoms with Gasteiger partial charge < -0.3 is 30.1 Å². The molecule has 3 aromatic carbocycles. The number of hydrogen-bond donors (Lipinski definition) is 4. The summed E-state index contributed by atoms with van der Waals surface area (Å²) in [7, 11) is 1.50. The molecule has 0 heterocycles. The van der Waals surface area contributed by atoms with E-state index in [9.17, 15) is 20.1 Å². The molecule has 0 aliphatic rings. The molecule has 0 amide bonds. The van der Waals surface area contributed by atoms with Gasteiger partial charge >= 0.3 is 5.97 Å². The molecule has 0 aliphatic heterocycles. The second-order valence-corrected chi connectivity index (χ2v) is 7.82. The van der Waals surface area contributed by atoms with Gasteiger partial charge in [-0.3, -0.25) is 0 Å². The third-order valence-electron chi connectivity index (χ3n) is 5.67. The number of carbonyl (C=O) groups is 1. The molecule has 0 bridgehead atoms. The molecule has 7 heteroatoms. The second kappa shape index (κ2) is 11.1. The molecule has 4 N–H and O–H groups in total. The van der Waals surface area contributed by atoms with Crippen LogP contribution in [-0.2, 0) is 6.54 Å². The Morgan fingerprint density at radius 1 is 0.939 bits per heavy atom. The van der Waals surface area contributed by atoms with Gasteiger partial charge in [-0.2, -0.15) is 0 Å². The van der Waals surface area contributed by atoms with Crippen LogP contribution in [0.2, 0.25) is 0 Å². The van der Waals surface area contributed by atoms with Gasteiger partial charge in [0.05, 0.1) is 38.0 Å². The van der Waals surface area contributed by atoms with E-state index >= 15 is 0 Å². The van der Waals surface area contributed by atoms with Crippen LogP contribution in [0, 0.1) is 6.92 Å². The average molecular weight is 452 g/mol. The first kappa shape index (κ1) is 24.4. The minimum atomic E-state index is -1.21. The standard InChI is InChI=1S/C26H29NO6/c1-18-22(19-7-4-3-5-8-19)9-6-10-23(18)25(31)33-21-12-11-20(24(13-21)32-2)14-27-26(15-28,16-29)17-30/h3-13,27-30H,14-17H2,1-2H3. The summed E-state index contributed by atoms with van der Waals surface area (Å²) in [6.45, 7) is 0.819. The maximum absolute atomic E-state index is 12.9. The summed E-state index contributed by atoms with van der Waals surface area (Å²) < 4.78 is 11.0. The number of rotatable bonds is 10. The SMILES string of the molecule is COc1cc(OC(=O)c2cccc(-c3ccccc3)c2C)ccc1CNC(CO)(CO)CO. The molecular weight excluding hydrogens is 422 g/mol. The molecule has 33 heavy (non-hydrogen) atoms. The number of nitrogens with one attached hydrogen (secondary N) is 1. The van der Waals surface area contributed by atoms with Gasteiger partial charge in [-0.25, -0.2) is 4.79 Å². The van der Waals surface area contributed by atoms with Gasteiger partial charge in [0.25, 0.3) is 0 Å². The van der Waals surface area contributed by atoms with Crippen molar-refractivity contribution < 1.29 is 29.6 Å². The van der Waals surface area contributed by atoms with Gasteiger partial charge in [0.2, 0.25) is 0 Å². The maximum Gasteiger partial charge on any atom is 0.343 e.